The Morgan fingerprint density at radius 2 is 1.55 bits per heavy atom. The fraction of sp³-hybridized carbons (Fsp3) is 0.182. The highest BCUT2D eigenvalue weighted by molar-refractivity contribution is 6.16. The Labute approximate surface area is 168 Å². The van der Waals surface area contributed by atoms with Crippen molar-refractivity contribution in [1.29, 1.82) is 0 Å². The summed E-state index contributed by atoms with van der Waals surface area (Å²) >= 11 is 0. The molecule has 1 atom stereocenters. The Kier molecular flexibility index (Phi) is 5.18. The zero-order valence-corrected chi connectivity index (χ0v) is 16.6. The number of benzene rings is 2. The van der Waals surface area contributed by atoms with Crippen LogP contribution in [0.25, 0.3) is 6.08 Å². The molecule has 0 bridgehead atoms. The molecule has 0 fully saturated rings. The van der Waals surface area contributed by atoms with Crippen LogP contribution in [0.15, 0.2) is 48.7 Å². The van der Waals surface area contributed by atoms with Crippen LogP contribution < -0.4 is 4.48 Å². The molecule has 7 heteroatoms. The lowest BCUT2D eigenvalue weighted by Gasteiger charge is -2.27. The van der Waals surface area contributed by atoms with Gasteiger partial charge in [0, 0.05) is 42.9 Å². The average Bonchev–Trinajstić information content (AvgIpc) is 3.12. The SMILES string of the molecule is COC(=O)[N+]1(C(=O)N(C)C)C=Cc2c(C(=O)c3ccc(C(C)=O)cc3)cccc21. The number of carbonyl (C=O) groups is 4. The molecule has 29 heavy (non-hydrogen) atoms. The predicted molar refractivity (Wildman–Crippen MR) is 109 cm³/mol. The van der Waals surface area contributed by atoms with Crippen LogP contribution in [0, 0.1) is 0 Å². The van der Waals surface area contributed by atoms with Gasteiger partial charge in [-0.05, 0) is 13.0 Å². The van der Waals surface area contributed by atoms with Gasteiger partial charge in [-0.2, -0.15) is 4.79 Å². The molecule has 2 aromatic rings. The van der Waals surface area contributed by atoms with E-state index in [1.165, 1.54) is 25.1 Å². The number of nitrogens with zero attached hydrogens (tertiary/aromatic N) is 2. The molecule has 7 nitrogen and oxygen atoms in total. The highest BCUT2D eigenvalue weighted by Crippen LogP contribution is 2.40. The lowest BCUT2D eigenvalue weighted by molar-refractivity contribution is 0.101. The maximum Gasteiger partial charge on any atom is 0.535 e. The van der Waals surface area contributed by atoms with E-state index in [9.17, 15) is 19.2 Å². The summed E-state index contributed by atoms with van der Waals surface area (Å²) in [5, 5.41) is 0. The highest BCUT2D eigenvalue weighted by Gasteiger charge is 2.53. The van der Waals surface area contributed by atoms with Crippen LogP contribution in [0.1, 0.15) is 38.8 Å². The number of ether oxygens (including phenoxy) is 1. The van der Waals surface area contributed by atoms with E-state index < -0.39 is 16.6 Å². The molecule has 0 aliphatic carbocycles. The standard InChI is InChI=1S/C22H21N2O5/c1-14(25)15-8-10-16(11-9-15)20(26)18-6-5-7-19-17(18)12-13-24(19,22(28)29-4)21(27)23(2)3/h5-13H,1-4H3/q+1. The summed E-state index contributed by atoms with van der Waals surface area (Å²) in [4.78, 5) is 51.4. The number of amides is 3. The van der Waals surface area contributed by atoms with Gasteiger partial charge in [-0.3, -0.25) is 14.5 Å². The molecule has 148 valence electrons. The van der Waals surface area contributed by atoms with E-state index in [2.05, 4.69) is 0 Å². The molecule has 3 rings (SSSR count). The van der Waals surface area contributed by atoms with Crippen LogP contribution in [-0.4, -0.2) is 49.8 Å². The van der Waals surface area contributed by atoms with E-state index in [-0.39, 0.29) is 11.6 Å². The first-order valence-electron chi connectivity index (χ1n) is 8.91. The normalized spacial score (nSPS) is 16.8. The van der Waals surface area contributed by atoms with E-state index in [1.54, 1.807) is 62.6 Å². The van der Waals surface area contributed by atoms with Crippen LogP contribution in [0.4, 0.5) is 15.3 Å². The number of quaternary nitrogens is 1. The number of ketones is 2. The molecule has 0 radical (unpaired) electrons. The number of Topliss-reactive ketones (excluding diaryl/α,β-unsaturated/α-hetero) is 1. The molecule has 0 spiro atoms. The molecule has 0 saturated heterocycles. The molecule has 1 unspecified atom stereocenters. The maximum atomic E-state index is 13.1. The topological polar surface area (TPSA) is 80.8 Å². The lowest BCUT2D eigenvalue weighted by Crippen LogP contribution is -2.57. The minimum Gasteiger partial charge on any atom is -0.422 e. The number of urea groups is 1. The molecule has 0 N–H and O–H groups in total. The van der Waals surface area contributed by atoms with Gasteiger partial charge in [-0.1, -0.05) is 34.8 Å². The molecule has 3 amide bonds. The first kappa shape index (κ1) is 20.2. The van der Waals surface area contributed by atoms with Gasteiger partial charge in [-0.25, -0.2) is 4.79 Å². The van der Waals surface area contributed by atoms with E-state index in [1.807, 2.05) is 0 Å². The fourth-order valence-corrected chi connectivity index (χ4v) is 3.38. The van der Waals surface area contributed by atoms with Gasteiger partial charge in [0.05, 0.1) is 12.7 Å². The number of carbonyl (C=O) groups excluding carboxylic acids is 4. The number of imide groups is 1. The van der Waals surface area contributed by atoms with Crippen molar-refractivity contribution in [2.24, 2.45) is 0 Å². The van der Waals surface area contributed by atoms with Gasteiger partial charge in [0.15, 0.2) is 17.3 Å². The lowest BCUT2D eigenvalue weighted by atomic mass is 9.96. The monoisotopic (exact) mass is 393 g/mol. The summed E-state index contributed by atoms with van der Waals surface area (Å²) in [6.07, 6.45) is 2.24. The van der Waals surface area contributed by atoms with E-state index >= 15 is 0 Å². The van der Waals surface area contributed by atoms with Crippen molar-refractivity contribution in [1.82, 2.24) is 9.38 Å². The largest absolute Gasteiger partial charge is 0.535 e. The van der Waals surface area contributed by atoms with Crippen molar-refractivity contribution in [3.05, 3.63) is 70.9 Å². The summed E-state index contributed by atoms with van der Waals surface area (Å²) in [7, 11) is 4.30. The van der Waals surface area contributed by atoms with Gasteiger partial charge in [-0.15, -0.1) is 0 Å². The van der Waals surface area contributed by atoms with Gasteiger partial charge in [0.1, 0.15) is 6.20 Å². The van der Waals surface area contributed by atoms with Crippen molar-refractivity contribution in [3.8, 4) is 0 Å². The highest BCUT2D eigenvalue weighted by atomic mass is 16.5. The Bertz CT molecular complexity index is 1050. The van der Waals surface area contributed by atoms with Gasteiger partial charge >= 0.3 is 12.1 Å². The molecule has 1 aliphatic rings. The van der Waals surface area contributed by atoms with Gasteiger partial charge < -0.3 is 4.74 Å². The second kappa shape index (κ2) is 7.44. The number of rotatable bonds is 3. The van der Waals surface area contributed by atoms with Crippen molar-refractivity contribution < 1.29 is 23.9 Å². The predicted octanol–water partition coefficient (Wildman–Crippen LogP) is 3.86. The molecule has 0 aromatic heterocycles. The molecule has 0 saturated carbocycles. The van der Waals surface area contributed by atoms with Crippen LogP contribution in [0.5, 0.6) is 0 Å². The van der Waals surface area contributed by atoms with Crippen molar-refractivity contribution in [2.45, 2.75) is 6.92 Å². The summed E-state index contributed by atoms with van der Waals surface area (Å²) in [5.74, 6) is -0.362. The van der Waals surface area contributed by atoms with Crippen molar-refractivity contribution >= 4 is 35.5 Å². The van der Waals surface area contributed by atoms with Gasteiger partial charge in [0.25, 0.3) is 0 Å². The number of hydrogen-bond acceptors (Lipinski definition) is 5. The minimum atomic E-state index is -0.788. The summed E-state index contributed by atoms with van der Waals surface area (Å²) in [5.41, 5.74) is 2.09. The molecule has 1 aliphatic heterocycles. The Hall–Kier alpha value is -3.58. The Morgan fingerprint density at radius 1 is 0.931 bits per heavy atom. The third-order valence-electron chi connectivity index (χ3n) is 4.87. The van der Waals surface area contributed by atoms with Crippen LogP contribution in [-0.2, 0) is 4.74 Å². The zero-order chi connectivity index (χ0) is 21.3. The Morgan fingerprint density at radius 3 is 2.10 bits per heavy atom. The third-order valence-corrected chi connectivity index (χ3v) is 4.87. The van der Waals surface area contributed by atoms with E-state index in [0.717, 1.165) is 0 Å². The number of methoxy groups -OCH3 is 1. The first-order chi connectivity index (χ1) is 13.7. The van der Waals surface area contributed by atoms with Gasteiger partial charge in [0.2, 0.25) is 0 Å². The van der Waals surface area contributed by atoms with Crippen molar-refractivity contribution in [3.63, 3.8) is 0 Å². The number of fused-ring (bicyclic) bond motifs is 1. The zero-order valence-electron chi connectivity index (χ0n) is 16.6. The molecule has 1 heterocycles. The van der Waals surface area contributed by atoms with Crippen LogP contribution in [0.2, 0.25) is 0 Å². The minimum absolute atomic E-state index is 0.0881. The van der Waals surface area contributed by atoms with E-state index in [4.69, 9.17) is 4.74 Å². The summed E-state index contributed by atoms with van der Waals surface area (Å²) in [6.45, 7) is 1.46. The fourth-order valence-electron chi connectivity index (χ4n) is 3.38. The summed E-state index contributed by atoms with van der Waals surface area (Å²) < 4.78 is 4.12. The molecular formula is C22H21N2O5+. The van der Waals surface area contributed by atoms with Crippen LogP contribution in [0.3, 0.4) is 0 Å². The second-order valence-corrected chi connectivity index (χ2v) is 6.89. The quantitative estimate of drug-likeness (QED) is 0.584. The Balaban J connectivity index is 2.12. The maximum absolute atomic E-state index is 13.1. The number of hydrogen-bond donors (Lipinski definition) is 0. The first-order valence-corrected chi connectivity index (χ1v) is 8.91. The second-order valence-electron chi connectivity index (χ2n) is 6.89. The third kappa shape index (κ3) is 3.15. The summed E-state index contributed by atoms with van der Waals surface area (Å²) in [6, 6.07) is 10.8. The average molecular weight is 393 g/mol. The van der Waals surface area contributed by atoms with E-state index in [0.29, 0.717) is 27.9 Å². The molecule has 2 aromatic carbocycles. The van der Waals surface area contributed by atoms with Crippen molar-refractivity contribution in [2.75, 3.05) is 21.2 Å². The smallest absolute Gasteiger partial charge is 0.422 e. The van der Waals surface area contributed by atoms with Crippen LogP contribution >= 0.6 is 0 Å². The molecular weight excluding hydrogens is 372 g/mol.